The number of benzene rings is 1. The number of nitrogens with zero attached hydrogens (tertiary/aromatic N) is 3. The number of nitrogens with two attached hydrogens (primary N) is 1. The maximum Gasteiger partial charge on any atom is 0.246 e. The molecule has 0 bridgehead atoms. The van der Waals surface area contributed by atoms with E-state index in [1.54, 1.807) is 11.3 Å². The number of amides is 1. The number of thiophene rings is 1. The van der Waals surface area contributed by atoms with Crippen molar-refractivity contribution in [2.45, 2.75) is 19.0 Å². The van der Waals surface area contributed by atoms with E-state index in [1.807, 2.05) is 46.0 Å². The van der Waals surface area contributed by atoms with Crippen molar-refractivity contribution in [3.05, 3.63) is 52.5 Å². The summed E-state index contributed by atoms with van der Waals surface area (Å²) in [5, 5.41) is 7.93. The van der Waals surface area contributed by atoms with E-state index in [9.17, 15) is 4.79 Å². The van der Waals surface area contributed by atoms with Crippen LogP contribution in [0.2, 0.25) is 0 Å². The molecule has 0 unspecified atom stereocenters. The van der Waals surface area contributed by atoms with Crippen molar-refractivity contribution in [2.24, 2.45) is 5.73 Å². The van der Waals surface area contributed by atoms with Gasteiger partial charge in [0.2, 0.25) is 17.6 Å². The topological polar surface area (TPSA) is 85.3 Å². The highest BCUT2D eigenvalue weighted by Gasteiger charge is 2.33. The molecule has 2 aromatic heterocycles. The van der Waals surface area contributed by atoms with Crippen LogP contribution in [0, 0.1) is 0 Å². The molecule has 1 atom stereocenters. The Bertz CT molecular complexity index is 843. The number of rotatable bonds is 4. The van der Waals surface area contributed by atoms with Crippen molar-refractivity contribution in [3.8, 4) is 11.4 Å². The molecule has 3 aromatic rings. The van der Waals surface area contributed by atoms with Crippen LogP contribution in [0.5, 0.6) is 0 Å². The molecule has 0 aliphatic carbocycles. The fraction of sp³-hybridized carbons (Fsp3) is 0.188. The monoisotopic (exact) mass is 326 g/mol. The summed E-state index contributed by atoms with van der Waals surface area (Å²) in [6.07, 6.45) is 0.608. The zero-order valence-electron chi connectivity index (χ0n) is 12.2. The number of carbonyl (C=O) groups is 1. The van der Waals surface area contributed by atoms with Gasteiger partial charge in [-0.25, -0.2) is 0 Å². The van der Waals surface area contributed by atoms with Crippen molar-refractivity contribution in [1.29, 1.82) is 0 Å². The summed E-state index contributed by atoms with van der Waals surface area (Å²) in [6.45, 7) is 0.363. The first-order valence-corrected chi connectivity index (χ1v) is 8.15. The fourth-order valence-electron chi connectivity index (χ4n) is 2.87. The molecule has 3 heterocycles. The third kappa shape index (κ3) is 2.49. The van der Waals surface area contributed by atoms with Gasteiger partial charge in [0, 0.05) is 23.1 Å². The predicted molar refractivity (Wildman–Crippen MR) is 86.9 cm³/mol. The van der Waals surface area contributed by atoms with Gasteiger partial charge in [-0.05, 0) is 23.1 Å². The largest absolute Gasteiger partial charge is 0.368 e. The molecule has 4 rings (SSSR count). The minimum absolute atomic E-state index is 0.348. The van der Waals surface area contributed by atoms with Crippen LogP contribution in [-0.2, 0) is 17.8 Å². The molecule has 0 saturated heterocycles. The molecule has 0 spiro atoms. The average molecular weight is 326 g/mol. The van der Waals surface area contributed by atoms with E-state index < -0.39 is 0 Å². The van der Waals surface area contributed by atoms with Crippen LogP contribution in [0.1, 0.15) is 11.5 Å². The summed E-state index contributed by atoms with van der Waals surface area (Å²) in [5.74, 6) is 0.678. The first-order valence-electron chi connectivity index (χ1n) is 7.21. The van der Waals surface area contributed by atoms with Crippen LogP contribution < -0.4 is 10.6 Å². The van der Waals surface area contributed by atoms with Gasteiger partial charge in [-0.2, -0.15) is 16.3 Å². The molecule has 1 amide bonds. The van der Waals surface area contributed by atoms with E-state index in [2.05, 4.69) is 10.1 Å². The zero-order valence-corrected chi connectivity index (χ0v) is 13.0. The van der Waals surface area contributed by atoms with E-state index >= 15 is 0 Å². The lowest BCUT2D eigenvalue weighted by atomic mass is 10.1. The smallest absolute Gasteiger partial charge is 0.246 e. The molecular formula is C16H14N4O2S. The van der Waals surface area contributed by atoms with Crippen molar-refractivity contribution in [1.82, 2.24) is 10.1 Å². The van der Waals surface area contributed by atoms with Crippen LogP contribution in [0.15, 0.2) is 45.6 Å². The Labute approximate surface area is 136 Å². The number of para-hydroxylation sites is 1. The lowest BCUT2D eigenvalue weighted by Gasteiger charge is -2.23. The summed E-state index contributed by atoms with van der Waals surface area (Å²) < 4.78 is 5.34. The van der Waals surface area contributed by atoms with E-state index in [4.69, 9.17) is 10.3 Å². The molecular weight excluding hydrogens is 312 g/mol. The highest BCUT2D eigenvalue weighted by Crippen LogP contribution is 2.33. The molecule has 0 radical (unpaired) electrons. The SMILES string of the molecule is NC(=O)[C@@H]1Cc2ccccc2N1Cc1nc(-c2ccsc2)no1. The van der Waals surface area contributed by atoms with Gasteiger partial charge in [-0.15, -0.1) is 0 Å². The first kappa shape index (κ1) is 14.0. The molecule has 6 nitrogen and oxygen atoms in total. The predicted octanol–water partition coefficient (Wildman–Crippen LogP) is 2.21. The van der Waals surface area contributed by atoms with Crippen molar-refractivity contribution < 1.29 is 9.32 Å². The normalized spacial score (nSPS) is 16.5. The number of primary amides is 1. The van der Waals surface area contributed by atoms with Gasteiger partial charge in [0.05, 0.1) is 6.54 Å². The van der Waals surface area contributed by atoms with Gasteiger partial charge in [0.1, 0.15) is 6.04 Å². The van der Waals surface area contributed by atoms with Crippen LogP contribution in [0.4, 0.5) is 5.69 Å². The first-order chi connectivity index (χ1) is 11.2. The van der Waals surface area contributed by atoms with Crippen LogP contribution in [-0.4, -0.2) is 22.1 Å². The van der Waals surface area contributed by atoms with Crippen molar-refractivity contribution in [3.63, 3.8) is 0 Å². The maximum absolute atomic E-state index is 11.8. The number of carbonyl (C=O) groups excluding carboxylic acids is 1. The molecule has 1 aliphatic rings. The lowest BCUT2D eigenvalue weighted by molar-refractivity contribution is -0.119. The van der Waals surface area contributed by atoms with E-state index in [1.165, 1.54) is 0 Å². The molecule has 1 aromatic carbocycles. The molecule has 0 fully saturated rings. The van der Waals surface area contributed by atoms with Gasteiger partial charge >= 0.3 is 0 Å². The number of hydrogen-bond acceptors (Lipinski definition) is 6. The Kier molecular flexibility index (Phi) is 3.34. The number of hydrogen-bond donors (Lipinski definition) is 1. The number of anilines is 1. The van der Waals surface area contributed by atoms with Gasteiger partial charge in [-0.3, -0.25) is 4.79 Å². The van der Waals surface area contributed by atoms with Gasteiger partial charge in [0.25, 0.3) is 0 Å². The van der Waals surface area contributed by atoms with Crippen molar-refractivity contribution >= 4 is 22.9 Å². The minimum atomic E-state index is -0.385. The van der Waals surface area contributed by atoms with E-state index in [-0.39, 0.29) is 11.9 Å². The van der Waals surface area contributed by atoms with Crippen LogP contribution >= 0.6 is 11.3 Å². The Balaban J connectivity index is 1.63. The average Bonchev–Trinajstić information content (AvgIpc) is 3.26. The molecule has 2 N–H and O–H groups in total. The molecule has 7 heteroatoms. The van der Waals surface area contributed by atoms with Gasteiger partial charge < -0.3 is 15.2 Å². The highest BCUT2D eigenvalue weighted by molar-refractivity contribution is 7.08. The van der Waals surface area contributed by atoms with Gasteiger partial charge in [0.15, 0.2) is 0 Å². The summed E-state index contributed by atoms with van der Waals surface area (Å²) >= 11 is 1.58. The zero-order chi connectivity index (χ0) is 15.8. The molecule has 23 heavy (non-hydrogen) atoms. The second-order valence-corrected chi connectivity index (χ2v) is 6.18. The number of fused-ring (bicyclic) bond motifs is 1. The van der Waals surface area contributed by atoms with E-state index in [0.717, 1.165) is 16.8 Å². The Morgan fingerprint density at radius 3 is 3.04 bits per heavy atom. The summed E-state index contributed by atoms with van der Waals surface area (Å²) in [4.78, 5) is 18.1. The van der Waals surface area contributed by atoms with Gasteiger partial charge in [-0.1, -0.05) is 23.4 Å². The summed E-state index contributed by atoms with van der Waals surface area (Å²) in [5.41, 5.74) is 8.58. The standard InChI is InChI=1S/C16H14N4O2S/c17-15(21)13-7-10-3-1-2-4-12(10)20(13)8-14-18-16(19-22-14)11-5-6-23-9-11/h1-6,9,13H,7-8H2,(H2,17,21)/t13-/m0/s1. The highest BCUT2D eigenvalue weighted by atomic mass is 32.1. The van der Waals surface area contributed by atoms with Crippen LogP contribution in [0.25, 0.3) is 11.4 Å². The minimum Gasteiger partial charge on any atom is -0.368 e. The molecule has 116 valence electrons. The second kappa shape index (κ2) is 5.51. The summed E-state index contributed by atoms with van der Waals surface area (Å²) in [6, 6.07) is 9.45. The Hall–Kier alpha value is -2.67. The second-order valence-electron chi connectivity index (χ2n) is 5.40. The third-order valence-corrected chi connectivity index (χ3v) is 4.66. The maximum atomic E-state index is 11.8. The molecule has 0 saturated carbocycles. The number of aromatic nitrogens is 2. The Morgan fingerprint density at radius 1 is 1.39 bits per heavy atom. The summed E-state index contributed by atoms with van der Waals surface area (Å²) in [7, 11) is 0. The molecule has 1 aliphatic heterocycles. The Morgan fingerprint density at radius 2 is 2.26 bits per heavy atom. The van der Waals surface area contributed by atoms with Crippen molar-refractivity contribution in [2.75, 3.05) is 4.90 Å². The lowest BCUT2D eigenvalue weighted by Crippen LogP contribution is -2.42. The van der Waals surface area contributed by atoms with Crippen LogP contribution in [0.3, 0.4) is 0 Å². The van der Waals surface area contributed by atoms with E-state index in [0.29, 0.717) is 24.7 Å². The third-order valence-electron chi connectivity index (χ3n) is 3.97. The quantitative estimate of drug-likeness (QED) is 0.794. The fourth-order valence-corrected chi connectivity index (χ4v) is 3.51.